The Morgan fingerprint density at radius 3 is 2.43 bits per heavy atom. The SMILES string of the molecule is NC(=O)c1ccc(-c2cnn(C(Cc3ccn(C(F)F)n3)c3ccc(-c4c(-n5cc(C(F)(F)F)nn5)ccc(Cl)c4F)c[n+]3[O-])c2)c(F)c1. The van der Waals surface area contributed by atoms with E-state index in [0.29, 0.717) is 20.3 Å². The number of amides is 1. The molecular formula is C30H19ClF7N9O2. The number of nitrogens with two attached hydrogens (primary N) is 1. The van der Waals surface area contributed by atoms with Crippen LogP contribution in [-0.2, 0) is 12.6 Å². The molecule has 4 aromatic heterocycles. The van der Waals surface area contributed by atoms with Crippen molar-refractivity contribution in [1.29, 1.82) is 0 Å². The smallest absolute Gasteiger partial charge is 0.436 e. The number of pyridine rings is 1. The van der Waals surface area contributed by atoms with Gasteiger partial charge in [0.25, 0.3) is 0 Å². The van der Waals surface area contributed by atoms with Gasteiger partial charge in [-0.15, -0.1) is 5.10 Å². The van der Waals surface area contributed by atoms with E-state index in [1.165, 1.54) is 53.5 Å². The summed E-state index contributed by atoms with van der Waals surface area (Å²) in [5, 5.41) is 27.9. The maximum atomic E-state index is 15.5. The monoisotopic (exact) mass is 705 g/mol. The van der Waals surface area contributed by atoms with E-state index < -0.39 is 47.0 Å². The Kier molecular flexibility index (Phi) is 8.57. The lowest BCUT2D eigenvalue weighted by molar-refractivity contribution is -0.615. The Morgan fingerprint density at radius 2 is 1.80 bits per heavy atom. The fourth-order valence-corrected chi connectivity index (χ4v) is 5.25. The van der Waals surface area contributed by atoms with E-state index in [1.54, 1.807) is 0 Å². The topological polar surface area (TPSA) is 136 Å². The van der Waals surface area contributed by atoms with E-state index in [0.717, 1.165) is 24.5 Å². The molecular weight excluding hydrogens is 687 g/mol. The molecule has 252 valence electrons. The molecule has 19 heteroatoms. The second kappa shape index (κ2) is 12.7. The summed E-state index contributed by atoms with van der Waals surface area (Å²) in [5.41, 5.74) is 3.43. The molecule has 0 aliphatic rings. The van der Waals surface area contributed by atoms with E-state index in [1.807, 2.05) is 0 Å². The van der Waals surface area contributed by atoms with Crippen LogP contribution >= 0.6 is 11.6 Å². The zero-order valence-electron chi connectivity index (χ0n) is 24.4. The van der Waals surface area contributed by atoms with Crippen LogP contribution in [0.3, 0.4) is 0 Å². The summed E-state index contributed by atoms with van der Waals surface area (Å²) in [6, 6.07) is 8.65. The highest BCUT2D eigenvalue weighted by molar-refractivity contribution is 6.31. The van der Waals surface area contributed by atoms with Crippen LogP contribution in [0.5, 0.6) is 0 Å². The van der Waals surface area contributed by atoms with Crippen molar-refractivity contribution in [3.8, 4) is 27.9 Å². The van der Waals surface area contributed by atoms with E-state index in [9.17, 15) is 36.3 Å². The van der Waals surface area contributed by atoms with Gasteiger partial charge < -0.3 is 10.9 Å². The molecule has 1 atom stereocenters. The number of carbonyl (C=O) groups is 1. The molecule has 6 aromatic rings. The Balaban J connectivity index is 1.43. The maximum absolute atomic E-state index is 15.5. The molecule has 0 spiro atoms. The highest BCUT2D eigenvalue weighted by Crippen LogP contribution is 2.35. The molecule has 49 heavy (non-hydrogen) atoms. The Hall–Kier alpha value is -5.78. The zero-order valence-corrected chi connectivity index (χ0v) is 25.1. The Morgan fingerprint density at radius 1 is 1.02 bits per heavy atom. The average Bonchev–Trinajstić information content (AvgIpc) is 3.83. The van der Waals surface area contributed by atoms with Gasteiger partial charge in [-0.3, -0.25) is 9.48 Å². The average molecular weight is 706 g/mol. The Labute approximate surface area is 275 Å². The third kappa shape index (κ3) is 6.54. The second-order valence-corrected chi connectivity index (χ2v) is 10.9. The van der Waals surface area contributed by atoms with E-state index in [4.69, 9.17) is 17.3 Å². The van der Waals surface area contributed by atoms with Crippen molar-refractivity contribution >= 4 is 17.5 Å². The fraction of sp³-hybridized carbons (Fsp3) is 0.133. The standard InChI is InChI=1S/C30H19ClF7N9O2/c31-20-4-6-23(46-14-25(41-43-46)30(36,37)38)26(27(20)33)16-2-5-22(47(49)13-16)24(10-18-7-8-44(42-18)29(34)35)45-12-17(11-40-45)19-3-1-15(28(39)48)9-21(19)32/h1-9,11-14,24,29H,10H2,(H2,39,48). The molecule has 4 heterocycles. The number of hydrogen-bond acceptors (Lipinski definition) is 6. The van der Waals surface area contributed by atoms with E-state index in [-0.39, 0.29) is 51.3 Å². The van der Waals surface area contributed by atoms with Gasteiger partial charge in [0.2, 0.25) is 11.6 Å². The molecule has 0 saturated carbocycles. The maximum Gasteiger partial charge on any atom is 0.436 e. The summed E-state index contributed by atoms with van der Waals surface area (Å²) < 4.78 is 99.3. The van der Waals surface area contributed by atoms with Crippen molar-refractivity contribution in [2.24, 2.45) is 5.73 Å². The van der Waals surface area contributed by atoms with E-state index >= 15 is 4.39 Å². The van der Waals surface area contributed by atoms with Crippen LogP contribution in [0.2, 0.25) is 5.02 Å². The first-order chi connectivity index (χ1) is 23.2. The number of halogens is 8. The van der Waals surface area contributed by atoms with Crippen LogP contribution in [0, 0.1) is 16.8 Å². The van der Waals surface area contributed by atoms with Crippen LogP contribution in [0.25, 0.3) is 27.9 Å². The fourth-order valence-electron chi connectivity index (χ4n) is 5.09. The summed E-state index contributed by atoms with van der Waals surface area (Å²) in [4.78, 5) is 11.5. The minimum Gasteiger partial charge on any atom is -0.618 e. The molecule has 0 saturated heterocycles. The van der Waals surface area contributed by atoms with Gasteiger partial charge in [0.1, 0.15) is 11.9 Å². The van der Waals surface area contributed by atoms with Crippen LogP contribution in [0.15, 0.2) is 79.5 Å². The highest BCUT2D eigenvalue weighted by atomic mass is 35.5. The second-order valence-electron chi connectivity index (χ2n) is 10.5. The van der Waals surface area contributed by atoms with Gasteiger partial charge in [0.15, 0.2) is 17.7 Å². The lowest BCUT2D eigenvalue weighted by Gasteiger charge is -2.18. The minimum atomic E-state index is -4.84. The van der Waals surface area contributed by atoms with Gasteiger partial charge in [0.05, 0.1) is 39.9 Å². The van der Waals surface area contributed by atoms with Gasteiger partial charge in [-0.1, -0.05) is 22.9 Å². The summed E-state index contributed by atoms with van der Waals surface area (Å²) in [6.45, 7) is -2.95. The van der Waals surface area contributed by atoms with Gasteiger partial charge in [0, 0.05) is 41.6 Å². The minimum absolute atomic E-state index is 0.0353. The van der Waals surface area contributed by atoms with Crippen LogP contribution in [0.1, 0.15) is 40.0 Å². The zero-order chi connectivity index (χ0) is 35.2. The summed E-state index contributed by atoms with van der Waals surface area (Å²) >= 11 is 6.00. The molecule has 0 aliphatic carbocycles. The summed E-state index contributed by atoms with van der Waals surface area (Å²) in [5.74, 6) is -2.70. The van der Waals surface area contributed by atoms with Gasteiger partial charge in [-0.25, -0.2) is 18.1 Å². The largest absolute Gasteiger partial charge is 0.618 e. The molecule has 0 fully saturated rings. The molecule has 11 nitrogen and oxygen atoms in total. The van der Waals surface area contributed by atoms with E-state index in [2.05, 4.69) is 20.5 Å². The van der Waals surface area contributed by atoms with Crippen molar-refractivity contribution < 1.29 is 40.3 Å². The molecule has 0 radical (unpaired) electrons. The van der Waals surface area contributed by atoms with Crippen molar-refractivity contribution in [3.63, 3.8) is 0 Å². The summed E-state index contributed by atoms with van der Waals surface area (Å²) in [7, 11) is 0. The lowest BCUT2D eigenvalue weighted by Crippen LogP contribution is -2.36. The predicted molar refractivity (Wildman–Crippen MR) is 157 cm³/mol. The number of carbonyl (C=O) groups excluding carboxylic acids is 1. The van der Waals surface area contributed by atoms with Crippen molar-refractivity contribution in [3.05, 3.63) is 124 Å². The number of benzene rings is 2. The number of hydrogen-bond donors (Lipinski definition) is 1. The first-order valence-electron chi connectivity index (χ1n) is 13.9. The van der Waals surface area contributed by atoms with Crippen molar-refractivity contribution in [2.45, 2.75) is 25.2 Å². The third-order valence-corrected chi connectivity index (χ3v) is 7.72. The van der Waals surface area contributed by atoms with Crippen molar-refractivity contribution in [2.75, 3.05) is 0 Å². The number of rotatable bonds is 9. The predicted octanol–water partition coefficient (Wildman–Crippen LogP) is 5.90. The van der Waals surface area contributed by atoms with Crippen LogP contribution < -0.4 is 10.5 Å². The van der Waals surface area contributed by atoms with Gasteiger partial charge in [-0.2, -0.15) is 36.9 Å². The quantitative estimate of drug-likeness (QED) is 0.113. The Bertz CT molecular complexity index is 2200. The molecule has 2 N–H and O–H groups in total. The number of primary amides is 1. The highest BCUT2D eigenvalue weighted by Gasteiger charge is 2.35. The van der Waals surface area contributed by atoms with Crippen LogP contribution in [0.4, 0.5) is 30.7 Å². The molecule has 1 amide bonds. The molecule has 0 bridgehead atoms. The molecule has 1 unspecified atom stereocenters. The first-order valence-corrected chi connectivity index (χ1v) is 14.3. The third-order valence-electron chi connectivity index (χ3n) is 7.43. The normalized spacial score (nSPS) is 12.5. The van der Waals surface area contributed by atoms with Crippen LogP contribution in [-0.4, -0.2) is 40.5 Å². The first kappa shape index (κ1) is 33.1. The lowest BCUT2D eigenvalue weighted by atomic mass is 10.0. The van der Waals surface area contributed by atoms with Gasteiger partial charge in [-0.05, 0) is 36.4 Å². The number of alkyl halides is 5. The summed E-state index contributed by atoms with van der Waals surface area (Å²) in [6.07, 6.45) is 0.149. The molecule has 6 rings (SSSR count). The van der Waals surface area contributed by atoms with Crippen molar-refractivity contribution in [1.82, 2.24) is 34.6 Å². The molecule has 0 aliphatic heterocycles. The number of aromatic nitrogens is 8. The van der Waals surface area contributed by atoms with Gasteiger partial charge >= 0.3 is 12.7 Å². The number of nitrogens with zero attached hydrogens (tertiary/aromatic N) is 8. The molecule has 2 aromatic carbocycles.